The van der Waals surface area contributed by atoms with Crippen molar-refractivity contribution < 1.29 is 4.79 Å². The Hall–Kier alpha value is -0.910. The standard InChI is InChI=1S/C9H18N4OS/c1-7(15-9(10)12-11)8(14)13-5-3-2-4-6-13/h7H,2-6,11H2,1H3,(H2,10,12). The van der Waals surface area contributed by atoms with Gasteiger partial charge in [0.15, 0.2) is 5.17 Å². The second kappa shape index (κ2) is 5.85. The van der Waals surface area contributed by atoms with Gasteiger partial charge in [0, 0.05) is 13.1 Å². The van der Waals surface area contributed by atoms with Crippen molar-refractivity contribution in [3.8, 4) is 0 Å². The first kappa shape index (κ1) is 12.2. The highest BCUT2D eigenvalue weighted by Crippen LogP contribution is 2.16. The summed E-state index contributed by atoms with van der Waals surface area (Å²) in [5, 5.41) is 3.40. The number of likely N-dealkylation sites (tertiary alicyclic amines) is 1. The van der Waals surface area contributed by atoms with Gasteiger partial charge < -0.3 is 16.5 Å². The summed E-state index contributed by atoms with van der Waals surface area (Å²) in [6.45, 7) is 3.56. The number of nitrogens with zero attached hydrogens (tertiary/aromatic N) is 2. The smallest absolute Gasteiger partial charge is 0.235 e. The molecule has 0 aromatic rings. The number of carbonyl (C=O) groups is 1. The number of hydrazone groups is 1. The van der Waals surface area contributed by atoms with E-state index in [4.69, 9.17) is 11.6 Å². The van der Waals surface area contributed by atoms with E-state index in [1.54, 1.807) is 0 Å². The summed E-state index contributed by atoms with van der Waals surface area (Å²) in [4.78, 5) is 13.8. The van der Waals surface area contributed by atoms with Crippen LogP contribution in [-0.2, 0) is 4.79 Å². The van der Waals surface area contributed by atoms with Crippen LogP contribution in [0.5, 0.6) is 0 Å². The lowest BCUT2D eigenvalue weighted by atomic mass is 10.1. The van der Waals surface area contributed by atoms with Crippen molar-refractivity contribution in [2.75, 3.05) is 13.1 Å². The lowest BCUT2D eigenvalue weighted by molar-refractivity contribution is -0.131. The highest BCUT2D eigenvalue weighted by molar-refractivity contribution is 8.14. The highest BCUT2D eigenvalue weighted by atomic mass is 32.2. The fraction of sp³-hybridized carbons (Fsp3) is 0.778. The van der Waals surface area contributed by atoms with Gasteiger partial charge in [-0.2, -0.15) is 5.10 Å². The molecule has 1 aliphatic rings. The minimum absolute atomic E-state index is 0.131. The van der Waals surface area contributed by atoms with Gasteiger partial charge in [0.1, 0.15) is 0 Å². The van der Waals surface area contributed by atoms with Crippen LogP contribution in [0.25, 0.3) is 0 Å². The molecule has 0 radical (unpaired) electrons. The normalized spacial score (nSPS) is 20.1. The molecule has 0 bridgehead atoms. The monoisotopic (exact) mass is 230 g/mol. The molecule has 0 aromatic heterocycles. The Morgan fingerprint density at radius 2 is 2.00 bits per heavy atom. The van der Waals surface area contributed by atoms with E-state index in [1.165, 1.54) is 18.2 Å². The third-order valence-corrected chi connectivity index (χ3v) is 3.34. The molecule has 1 rings (SSSR count). The molecule has 86 valence electrons. The molecule has 15 heavy (non-hydrogen) atoms. The van der Waals surface area contributed by atoms with Gasteiger partial charge in [0.2, 0.25) is 5.91 Å². The maximum absolute atomic E-state index is 11.9. The molecule has 6 heteroatoms. The first-order chi connectivity index (χ1) is 7.15. The summed E-state index contributed by atoms with van der Waals surface area (Å²) in [5.74, 6) is 5.15. The van der Waals surface area contributed by atoms with Crippen molar-refractivity contribution >= 4 is 22.8 Å². The topological polar surface area (TPSA) is 84.7 Å². The quantitative estimate of drug-likeness (QED) is 0.309. The molecule has 1 heterocycles. The molecule has 1 saturated heterocycles. The zero-order valence-electron chi connectivity index (χ0n) is 8.98. The molecule has 4 N–H and O–H groups in total. The molecule has 1 fully saturated rings. The average molecular weight is 230 g/mol. The van der Waals surface area contributed by atoms with E-state index in [9.17, 15) is 4.79 Å². The lowest BCUT2D eigenvalue weighted by Gasteiger charge is -2.28. The molecule has 1 unspecified atom stereocenters. The van der Waals surface area contributed by atoms with Crippen LogP contribution in [0.15, 0.2) is 5.10 Å². The number of amidine groups is 1. The first-order valence-corrected chi connectivity index (χ1v) is 6.02. The molecular formula is C9H18N4OS. The van der Waals surface area contributed by atoms with E-state index in [0.717, 1.165) is 25.9 Å². The molecule has 1 aliphatic heterocycles. The van der Waals surface area contributed by atoms with Gasteiger partial charge in [-0.3, -0.25) is 4.79 Å². The van der Waals surface area contributed by atoms with Gasteiger partial charge in [0.05, 0.1) is 5.25 Å². The zero-order valence-corrected chi connectivity index (χ0v) is 9.80. The van der Waals surface area contributed by atoms with E-state index in [1.807, 2.05) is 11.8 Å². The Morgan fingerprint density at radius 3 is 2.53 bits per heavy atom. The summed E-state index contributed by atoms with van der Waals surface area (Å²) in [5.41, 5.74) is 5.46. The van der Waals surface area contributed by atoms with E-state index >= 15 is 0 Å². The largest absolute Gasteiger partial charge is 0.377 e. The minimum Gasteiger partial charge on any atom is -0.377 e. The number of carbonyl (C=O) groups excluding carboxylic acids is 1. The van der Waals surface area contributed by atoms with Crippen molar-refractivity contribution in [1.82, 2.24) is 4.90 Å². The molecule has 0 aliphatic carbocycles. The van der Waals surface area contributed by atoms with Crippen LogP contribution >= 0.6 is 11.8 Å². The number of amides is 1. The van der Waals surface area contributed by atoms with E-state index in [-0.39, 0.29) is 16.3 Å². The van der Waals surface area contributed by atoms with Crippen LogP contribution in [0.4, 0.5) is 0 Å². The van der Waals surface area contributed by atoms with Gasteiger partial charge in [-0.25, -0.2) is 0 Å². The van der Waals surface area contributed by atoms with Gasteiger partial charge >= 0.3 is 0 Å². The molecule has 1 atom stereocenters. The number of thioether (sulfide) groups is 1. The van der Waals surface area contributed by atoms with Gasteiger partial charge in [-0.05, 0) is 26.2 Å². The van der Waals surface area contributed by atoms with E-state index in [0.29, 0.717) is 0 Å². The van der Waals surface area contributed by atoms with Crippen molar-refractivity contribution in [3.05, 3.63) is 0 Å². The number of piperidine rings is 1. The maximum Gasteiger partial charge on any atom is 0.235 e. The predicted octanol–water partition coefficient (Wildman–Crippen LogP) is 0.309. The number of nitrogens with two attached hydrogens (primary N) is 2. The second-order valence-electron chi connectivity index (χ2n) is 3.61. The molecule has 0 saturated carbocycles. The molecular weight excluding hydrogens is 212 g/mol. The number of rotatable bonds is 2. The Kier molecular flexibility index (Phi) is 4.74. The molecule has 5 nitrogen and oxygen atoms in total. The Bertz CT molecular complexity index is 250. The molecule has 0 spiro atoms. The number of hydrogen-bond acceptors (Lipinski definition) is 4. The van der Waals surface area contributed by atoms with Gasteiger partial charge in [-0.15, -0.1) is 0 Å². The molecule has 1 amide bonds. The Balaban J connectivity index is 2.44. The van der Waals surface area contributed by atoms with Crippen molar-refractivity contribution in [1.29, 1.82) is 0 Å². The second-order valence-corrected chi connectivity index (χ2v) is 4.97. The fourth-order valence-electron chi connectivity index (χ4n) is 1.63. The first-order valence-electron chi connectivity index (χ1n) is 5.14. The van der Waals surface area contributed by atoms with E-state index in [2.05, 4.69) is 5.10 Å². The number of hydrogen-bond donors (Lipinski definition) is 2. The Morgan fingerprint density at radius 1 is 1.40 bits per heavy atom. The minimum atomic E-state index is -0.199. The Labute approximate surface area is 94.2 Å². The van der Waals surface area contributed by atoms with Crippen LogP contribution in [0.1, 0.15) is 26.2 Å². The van der Waals surface area contributed by atoms with Crippen molar-refractivity contribution in [2.24, 2.45) is 16.7 Å². The maximum atomic E-state index is 11.9. The third kappa shape index (κ3) is 3.62. The highest BCUT2D eigenvalue weighted by Gasteiger charge is 2.23. The summed E-state index contributed by atoms with van der Waals surface area (Å²) in [6, 6.07) is 0. The van der Waals surface area contributed by atoms with Crippen LogP contribution in [0.3, 0.4) is 0 Å². The summed E-state index contributed by atoms with van der Waals surface area (Å²) in [7, 11) is 0. The van der Waals surface area contributed by atoms with Crippen molar-refractivity contribution in [3.63, 3.8) is 0 Å². The average Bonchev–Trinajstić information content (AvgIpc) is 2.29. The van der Waals surface area contributed by atoms with Gasteiger partial charge in [0.25, 0.3) is 0 Å². The molecule has 0 aromatic carbocycles. The lowest BCUT2D eigenvalue weighted by Crippen LogP contribution is -2.40. The third-order valence-electron chi connectivity index (χ3n) is 2.44. The van der Waals surface area contributed by atoms with Crippen LogP contribution in [-0.4, -0.2) is 34.3 Å². The fourth-order valence-corrected chi connectivity index (χ4v) is 2.31. The summed E-state index contributed by atoms with van der Waals surface area (Å²) >= 11 is 1.21. The van der Waals surface area contributed by atoms with E-state index < -0.39 is 0 Å². The predicted molar refractivity (Wildman–Crippen MR) is 63.3 cm³/mol. The van der Waals surface area contributed by atoms with Crippen molar-refractivity contribution in [2.45, 2.75) is 31.4 Å². The van der Waals surface area contributed by atoms with Crippen LogP contribution in [0.2, 0.25) is 0 Å². The van der Waals surface area contributed by atoms with Crippen LogP contribution < -0.4 is 11.6 Å². The summed E-state index contributed by atoms with van der Waals surface area (Å²) < 4.78 is 0. The van der Waals surface area contributed by atoms with Crippen LogP contribution in [0, 0.1) is 0 Å². The zero-order chi connectivity index (χ0) is 11.3. The van der Waals surface area contributed by atoms with Gasteiger partial charge in [-0.1, -0.05) is 11.8 Å². The summed E-state index contributed by atoms with van der Waals surface area (Å²) in [6.07, 6.45) is 3.42. The SMILES string of the molecule is CC(SC(N)=NN)C(=O)N1CCCCC1.